The number of rotatable bonds is 6. The van der Waals surface area contributed by atoms with Crippen LogP contribution in [0.5, 0.6) is 5.75 Å². The van der Waals surface area contributed by atoms with Crippen molar-refractivity contribution in [2.24, 2.45) is 0 Å². The Morgan fingerprint density at radius 3 is 2.73 bits per heavy atom. The van der Waals surface area contributed by atoms with Crippen molar-refractivity contribution in [3.63, 3.8) is 0 Å². The lowest BCUT2D eigenvalue weighted by Gasteiger charge is -2.07. The molecule has 0 atom stereocenters. The van der Waals surface area contributed by atoms with Gasteiger partial charge in [-0.15, -0.1) is 0 Å². The Balaban J connectivity index is 1.71. The number of hydrogen-bond acceptors (Lipinski definition) is 3. The summed E-state index contributed by atoms with van der Waals surface area (Å²) >= 11 is 0. The summed E-state index contributed by atoms with van der Waals surface area (Å²) in [7, 11) is 0. The van der Waals surface area contributed by atoms with Crippen LogP contribution in [0.3, 0.4) is 0 Å². The molecule has 0 aliphatic rings. The molecule has 4 nitrogen and oxygen atoms in total. The number of carbonyl (C=O) groups excluding carboxylic acids is 1. The van der Waals surface area contributed by atoms with Crippen molar-refractivity contribution in [2.45, 2.75) is 13.0 Å². The highest BCUT2D eigenvalue weighted by Gasteiger charge is 2.03. The molecule has 0 saturated carbocycles. The van der Waals surface area contributed by atoms with Crippen molar-refractivity contribution in [1.82, 2.24) is 5.32 Å². The summed E-state index contributed by atoms with van der Waals surface area (Å²) < 4.78 is 18.1. The molecule has 2 aromatic rings. The summed E-state index contributed by atoms with van der Waals surface area (Å²) in [6.07, 6.45) is 0.204. The van der Waals surface area contributed by atoms with Gasteiger partial charge in [0.2, 0.25) is 5.91 Å². The third-order valence-electron chi connectivity index (χ3n) is 2.96. The van der Waals surface area contributed by atoms with Gasteiger partial charge < -0.3 is 10.1 Å². The molecule has 0 heterocycles. The highest BCUT2D eigenvalue weighted by Crippen LogP contribution is 2.11. The lowest BCUT2D eigenvalue weighted by Crippen LogP contribution is -2.24. The number of halogens is 1. The summed E-state index contributed by atoms with van der Waals surface area (Å²) in [5.41, 5.74) is 1.43. The average molecular weight is 298 g/mol. The fourth-order valence-electron chi connectivity index (χ4n) is 1.83. The molecule has 22 heavy (non-hydrogen) atoms. The zero-order valence-electron chi connectivity index (χ0n) is 11.9. The quantitative estimate of drug-likeness (QED) is 0.892. The number of nitrogens with one attached hydrogen (secondary N) is 1. The predicted octanol–water partition coefficient (Wildman–Crippen LogP) is 2.78. The fourth-order valence-corrected chi connectivity index (χ4v) is 1.83. The Bertz CT molecular complexity index is 678. The Morgan fingerprint density at radius 1 is 1.23 bits per heavy atom. The SMILES string of the molecule is N#Cc1cccc(CNC(=O)CCOc2ccc(F)cc2)c1. The van der Waals surface area contributed by atoms with Crippen LogP contribution in [0.15, 0.2) is 48.5 Å². The second kappa shape index (κ2) is 7.79. The molecule has 112 valence electrons. The van der Waals surface area contributed by atoms with Crippen molar-refractivity contribution >= 4 is 5.91 Å². The van der Waals surface area contributed by atoms with Gasteiger partial charge in [0.1, 0.15) is 11.6 Å². The zero-order chi connectivity index (χ0) is 15.8. The van der Waals surface area contributed by atoms with Crippen molar-refractivity contribution in [1.29, 1.82) is 5.26 Å². The van der Waals surface area contributed by atoms with Gasteiger partial charge in [-0.05, 0) is 42.0 Å². The van der Waals surface area contributed by atoms with Crippen LogP contribution in [0.2, 0.25) is 0 Å². The number of nitriles is 1. The van der Waals surface area contributed by atoms with E-state index in [-0.39, 0.29) is 24.8 Å². The van der Waals surface area contributed by atoms with Gasteiger partial charge in [-0.25, -0.2) is 4.39 Å². The molecule has 0 saturated heterocycles. The van der Waals surface area contributed by atoms with Gasteiger partial charge in [0.05, 0.1) is 24.7 Å². The maximum Gasteiger partial charge on any atom is 0.223 e. The summed E-state index contributed by atoms with van der Waals surface area (Å²) in [5.74, 6) is 0.0464. The number of ether oxygens (including phenoxy) is 1. The van der Waals surface area contributed by atoms with E-state index in [1.54, 1.807) is 18.2 Å². The van der Waals surface area contributed by atoms with Crippen LogP contribution in [0, 0.1) is 17.1 Å². The van der Waals surface area contributed by atoms with E-state index in [1.807, 2.05) is 6.07 Å². The maximum absolute atomic E-state index is 12.7. The molecule has 0 spiro atoms. The molecule has 0 aromatic heterocycles. The summed E-state index contributed by atoms with van der Waals surface area (Å²) in [6.45, 7) is 0.584. The van der Waals surface area contributed by atoms with Crippen LogP contribution in [0.4, 0.5) is 4.39 Å². The zero-order valence-corrected chi connectivity index (χ0v) is 11.9. The fraction of sp³-hybridized carbons (Fsp3) is 0.176. The average Bonchev–Trinajstić information content (AvgIpc) is 2.55. The molecule has 0 unspecified atom stereocenters. The first-order valence-corrected chi connectivity index (χ1v) is 6.81. The summed E-state index contributed by atoms with van der Waals surface area (Å²) in [6, 6.07) is 14.7. The molecule has 2 rings (SSSR count). The molecular weight excluding hydrogens is 283 g/mol. The van der Waals surface area contributed by atoms with Gasteiger partial charge in [-0.1, -0.05) is 12.1 Å². The van der Waals surface area contributed by atoms with Crippen LogP contribution in [-0.2, 0) is 11.3 Å². The first-order chi connectivity index (χ1) is 10.7. The number of hydrogen-bond donors (Lipinski definition) is 1. The van der Waals surface area contributed by atoms with Gasteiger partial charge in [0, 0.05) is 6.54 Å². The second-order valence-corrected chi connectivity index (χ2v) is 4.64. The highest BCUT2D eigenvalue weighted by molar-refractivity contribution is 5.76. The minimum Gasteiger partial charge on any atom is -0.493 e. The van der Waals surface area contributed by atoms with E-state index < -0.39 is 0 Å². The monoisotopic (exact) mass is 298 g/mol. The molecule has 1 N–H and O–H groups in total. The Labute approximate surface area is 128 Å². The van der Waals surface area contributed by atoms with E-state index >= 15 is 0 Å². The third kappa shape index (κ3) is 4.91. The van der Waals surface area contributed by atoms with Gasteiger partial charge in [-0.2, -0.15) is 5.26 Å². The molecule has 2 aromatic carbocycles. The van der Waals surface area contributed by atoms with Crippen LogP contribution >= 0.6 is 0 Å². The van der Waals surface area contributed by atoms with E-state index in [0.29, 0.717) is 17.9 Å². The Hall–Kier alpha value is -2.87. The minimum absolute atomic E-state index is 0.149. The van der Waals surface area contributed by atoms with E-state index in [1.165, 1.54) is 24.3 Å². The normalized spacial score (nSPS) is 9.82. The van der Waals surface area contributed by atoms with Gasteiger partial charge in [0.15, 0.2) is 0 Å². The molecule has 5 heteroatoms. The lowest BCUT2D eigenvalue weighted by molar-refractivity contribution is -0.121. The summed E-state index contributed by atoms with van der Waals surface area (Å²) in [5, 5.41) is 11.6. The second-order valence-electron chi connectivity index (χ2n) is 4.64. The third-order valence-corrected chi connectivity index (χ3v) is 2.96. The maximum atomic E-state index is 12.7. The lowest BCUT2D eigenvalue weighted by atomic mass is 10.1. The number of benzene rings is 2. The molecule has 0 aliphatic carbocycles. The number of amides is 1. The number of nitrogens with zero attached hydrogens (tertiary/aromatic N) is 1. The van der Waals surface area contributed by atoms with Crippen molar-refractivity contribution in [2.75, 3.05) is 6.61 Å². The van der Waals surface area contributed by atoms with Crippen molar-refractivity contribution in [3.05, 3.63) is 65.5 Å². The van der Waals surface area contributed by atoms with Gasteiger partial charge in [0.25, 0.3) is 0 Å². The molecule has 0 bridgehead atoms. The summed E-state index contributed by atoms with van der Waals surface area (Å²) in [4.78, 5) is 11.7. The van der Waals surface area contributed by atoms with Crippen LogP contribution in [0.1, 0.15) is 17.5 Å². The van der Waals surface area contributed by atoms with E-state index in [0.717, 1.165) is 5.56 Å². The van der Waals surface area contributed by atoms with Gasteiger partial charge >= 0.3 is 0 Å². The predicted molar refractivity (Wildman–Crippen MR) is 79.5 cm³/mol. The van der Waals surface area contributed by atoms with E-state index in [4.69, 9.17) is 10.00 Å². The largest absolute Gasteiger partial charge is 0.493 e. The number of carbonyl (C=O) groups is 1. The smallest absolute Gasteiger partial charge is 0.223 e. The standard InChI is InChI=1S/C17H15FN2O2/c18-15-4-6-16(7-5-15)22-9-8-17(21)20-12-14-3-1-2-13(10-14)11-19/h1-7,10H,8-9,12H2,(H,20,21). The highest BCUT2D eigenvalue weighted by atomic mass is 19.1. The van der Waals surface area contributed by atoms with Crippen molar-refractivity contribution < 1.29 is 13.9 Å². The molecule has 0 fully saturated rings. The van der Waals surface area contributed by atoms with E-state index in [2.05, 4.69) is 11.4 Å². The van der Waals surface area contributed by atoms with Gasteiger partial charge in [-0.3, -0.25) is 4.79 Å². The van der Waals surface area contributed by atoms with Crippen LogP contribution in [-0.4, -0.2) is 12.5 Å². The molecule has 0 radical (unpaired) electrons. The molecule has 0 aliphatic heterocycles. The van der Waals surface area contributed by atoms with Crippen molar-refractivity contribution in [3.8, 4) is 11.8 Å². The first-order valence-electron chi connectivity index (χ1n) is 6.81. The van der Waals surface area contributed by atoms with Crippen LogP contribution in [0.25, 0.3) is 0 Å². The minimum atomic E-state index is -0.329. The molecular formula is C17H15FN2O2. The Morgan fingerprint density at radius 2 is 2.00 bits per heavy atom. The first kappa shape index (κ1) is 15.5. The molecule has 1 amide bonds. The Kier molecular flexibility index (Phi) is 5.50. The van der Waals surface area contributed by atoms with Crippen LogP contribution < -0.4 is 10.1 Å². The topological polar surface area (TPSA) is 62.1 Å². The van der Waals surface area contributed by atoms with E-state index in [9.17, 15) is 9.18 Å².